The van der Waals surface area contributed by atoms with E-state index in [1.54, 1.807) is 37.5 Å². The Hall–Kier alpha value is -2.04. The molecule has 0 fully saturated rings. The van der Waals surface area contributed by atoms with Gasteiger partial charge in [0, 0.05) is 0 Å². The first-order chi connectivity index (χ1) is 10.6. The van der Waals surface area contributed by atoms with E-state index in [1.807, 2.05) is 12.1 Å². The Balaban J connectivity index is 2.13. The zero-order valence-electron chi connectivity index (χ0n) is 12.0. The van der Waals surface area contributed by atoms with Crippen molar-refractivity contribution in [2.24, 2.45) is 0 Å². The van der Waals surface area contributed by atoms with E-state index in [1.165, 1.54) is 17.4 Å². The summed E-state index contributed by atoms with van der Waals surface area (Å²) in [7, 11) is 1.57. The first kappa shape index (κ1) is 16.3. The number of rotatable bonds is 7. The van der Waals surface area contributed by atoms with Gasteiger partial charge in [-0.15, -0.1) is 11.3 Å². The van der Waals surface area contributed by atoms with Gasteiger partial charge in [-0.3, -0.25) is 4.79 Å². The SMILES string of the molecule is C=CCOc1ccc(/C=C/C(=O)c2ccc(Cl)s2)cc1OC. The predicted molar refractivity (Wildman–Crippen MR) is 91.4 cm³/mol. The molecular weight excluding hydrogens is 320 g/mol. The Morgan fingerprint density at radius 1 is 1.32 bits per heavy atom. The van der Waals surface area contributed by atoms with Crippen LogP contribution in [0.1, 0.15) is 15.2 Å². The van der Waals surface area contributed by atoms with E-state index in [0.29, 0.717) is 27.3 Å². The number of ether oxygens (including phenoxy) is 2. The van der Waals surface area contributed by atoms with Gasteiger partial charge in [-0.25, -0.2) is 0 Å². The number of halogens is 1. The van der Waals surface area contributed by atoms with E-state index >= 15 is 0 Å². The van der Waals surface area contributed by atoms with Crippen LogP contribution in [0.4, 0.5) is 0 Å². The van der Waals surface area contributed by atoms with Crippen LogP contribution in [0.25, 0.3) is 6.08 Å². The number of hydrogen-bond acceptors (Lipinski definition) is 4. The van der Waals surface area contributed by atoms with Crippen molar-refractivity contribution in [1.29, 1.82) is 0 Å². The summed E-state index contributed by atoms with van der Waals surface area (Å²) in [5.41, 5.74) is 0.846. The first-order valence-electron chi connectivity index (χ1n) is 6.53. The zero-order valence-corrected chi connectivity index (χ0v) is 13.6. The lowest BCUT2D eigenvalue weighted by atomic mass is 10.1. The summed E-state index contributed by atoms with van der Waals surface area (Å²) < 4.78 is 11.4. The molecule has 0 saturated carbocycles. The fourth-order valence-electron chi connectivity index (χ4n) is 1.76. The molecule has 0 atom stereocenters. The summed E-state index contributed by atoms with van der Waals surface area (Å²) >= 11 is 7.09. The number of allylic oxidation sites excluding steroid dienone is 1. The van der Waals surface area contributed by atoms with Crippen molar-refractivity contribution in [1.82, 2.24) is 0 Å². The second-order valence-corrected chi connectivity index (χ2v) is 6.03. The lowest BCUT2D eigenvalue weighted by molar-refractivity contribution is 0.105. The lowest BCUT2D eigenvalue weighted by Gasteiger charge is -2.09. The van der Waals surface area contributed by atoms with Gasteiger partial charge in [-0.05, 0) is 35.9 Å². The van der Waals surface area contributed by atoms with Crippen molar-refractivity contribution in [3.8, 4) is 11.5 Å². The van der Waals surface area contributed by atoms with Crippen molar-refractivity contribution < 1.29 is 14.3 Å². The van der Waals surface area contributed by atoms with E-state index in [-0.39, 0.29) is 5.78 Å². The van der Waals surface area contributed by atoms with E-state index in [0.717, 1.165) is 5.56 Å². The van der Waals surface area contributed by atoms with Gasteiger partial charge in [0.1, 0.15) is 6.61 Å². The number of ketones is 1. The van der Waals surface area contributed by atoms with Crippen LogP contribution in [-0.2, 0) is 0 Å². The van der Waals surface area contributed by atoms with E-state index in [2.05, 4.69) is 6.58 Å². The molecule has 1 heterocycles. The van der Waals surface area contributed by atoms with Crippen LogP contribution in [0.2, 0.25) is 4.34 Å². The smallest absolute Gasteiger partial charge is 0.195 e. The Labute approximate surface area is 138 Å². The Morgan fingerprint density at radius 3 is 2.77 bits per heavy atom. The largest absolute Gasteiger partial charge is 0.493 e. The maximum absolute atomic E-state index is 12.0. The van der Waals surface area contributed by atoms with Gasteiger partial charge in [0.25, 0.3) is 0 Å². The van der Waals surface area contributed by atoms with Crippen molar-refractivity contribution in [2.45, 2.75) is 0 Å². The standard InChI is InChI=1S/C17H15ClO3S/c1-3-10-21-14-7-5-12(11-15(14)20-2)4-6-13(19)16-8-9-17(18)22-16/h3-9,11H,1,10H2,2H3/b6-4+. The highest BCUT2D eigenvalue weighted by Crippen LogP contribution is 2.29. The van der Waals surface area contributed by atoms with Gasteiger partial charge in [0.05, 0.1) is 16.3 Å². The number of hydrogen-bond donors (Lipinski definition) is 0. The first-order valence-corrected chi connectivity index (χ1v) is 7.73. The van der Waals surface area contributed by atoms with Crippen molar-refractivity contribution in [2.75, 3.05) is 13.7 Å². The maximum Gasteiger partial charge on any atom is 0.195 e. The quantitative estimate of drug-likeness (QED) is 0.411. The molecule has 0 amide bonds. The summed E-state index contributed by atoms with van der Waals surface area (Å²) in [5, 5.41) is 0. The third kappa shape index (κ3) is 4.23. The normalized spacial score (nSPS) is 10.6. The lowest BCUT2D eigenvalue weighted by Crippen LogP contribution is -1.96. The minimum Gasteiger partial charge on any atom is -0.493 e. The number of methoxy groups -OCH3 is 1. The van der Waals surface area contributed by atoms with Gasteiger partial charge in [-0.1, -0.05) is 36.4 Å². The summed E-state index contributed by atoms with van der Waals surface area (Å²) in [6, 6.07) is 8.89. The van der Waals surface area contributed by atoms with Crippen molar-refractivity contribution in [3.63, 3.8) is 0 Å². The molecule has 0 aliphatic heterocycles. The molecule has 3 nitrogen and oxygen atoms in total. The minimum absolute atomic E-state index is 0.0807. The summed E-state index contributed by atoms with van der Waals surface area (Å²) in [6.45, 7) is 4.01. The molecule has 0 bridgehead atoms. The van der Waals surface area contributed by atoms with Crippen molar-refractivity contribution in [3.05, 3.63) is 63.8 Å². The molecule has 0 saturated heterocycles. The van der Waals surface area contributed by atoms with Gasteiger partial charge in [-0.2, -0.15) is 0 Å². The van der Waals surface area contributed by atoms with Gasteiger partial charge in [0.15, 0.2) is 17.3 Å². The molecule has 0 aliphatic rings. The molecule has 2 aromatic rings. The molecule has 0 N–H and O–H groups in total. The van der Waals surface area contributed by atoms with Gasteiger partial charge >= 0.3 is 0 Å². The van der Waals surface area contributed by atoms with Gasteiger partial charge in [0.2, 0.25) is 0 Å². The molecule has 1 aromatic heterocycles. The monoisotopic (exact) mass is 334 g/mol. The van der Waals surface area contributed by atoms with E-state index in [4.69, 9.17) is 21.1 Å². The fraction of sp³-hybridized carbons (Fsp3) is 0.118. The predicted octanol–water partition coefficient (Wildman–Crippen LogP) is 4.87. The van der Waals surface area contributed by atoms with Gasteiger partial charge < -0.3 is 9.47 Å². The summed E-state index contributed by atoms with van der Waals surface area (Å²) in [6.07, 6.45) is 4.91. The molecule has 0 unspecified atom stereocenters. The Morgan fingerprint density at radius 2 is 2.14 bits per heavy atom. The number of benzene rings is 1. The van der Waals surface area contributed by atoms with Crippen LogP contribution in [0.15, 0.2) is 49.1 Å². The number of thiophene rings is 1. The third-order valence-corrected chi connectivity index (χ3v) is 4.03. The molecule has 5 heteroatoms. The third-order valence-electron chi connectivity index (χ3n) is 2.79. The average molecular weight is 335 g/mol. The minimum atomic E-state index is -0.0807. The van der Waals surface area contributed by atoms with E-state index < -0.39 is 0 Å². The molecule has 22 heavy (non-hydrogen) atoms. The van der Waals surface area contributed by atoms with Crippen LogP contribution in [0, 0.1) is 0 Å². The second-order valence-electron chi connectivity index (χ2n) is 4.31. The average Bonchev–Trinajstić information content (AvgIpc) is 2.97. The fourth-order valence-corrected chi connectivity index (χ4v) is 2.72. The number of carbonyl (C=O) groups excluding carboxylic acids is 1. The molecule has 114 valence electrons. The Bertz CT molecular complexity index is 704. The molecule has 0 radical (unpaired) electrons. The highest BCUT2D eigenvalue weighted by molar-refractivity contribution is 7.18. The molecular formula is C17H15ClO3S. The van der Waals surface area contributed by atoms with Crippen LogP contribution in [-0.4, -0.2) is 19.5 Å². The Kier molecular flexibility index (Phi) is 5.81. The molecule has 0 spiro atoms. The summed E-state index contributed by atoms with van der Waals surface area (Å²) in [4.78, 5) is 12.6. The highest BCUT2D eigenvalue weighted by Gasteiger charge is 2.06. The van der Waals surface area contributed by atoms with Crippen LogP contribution < -0.4 is 9.47 Å². The zero-order chi connectivity index (χ0) is 15.9. The molecule has 0 aliphatic carbocycles. The van der Waals surface area contributed by atoms with Crippen molar-refractivity contribution >= 4 is 34.8 Å². The van der Waals surface area contributed by atoms with E-state index in [9.17, 15) is 4.79 Å². The topological polar surface area (TPSA) is 35.5 Å². The van der Waals surface area contributed by atoms with Crippen LogP contribution in [0.5, 0.6) is 11.5 Å². The maximum atomic E-state index is 12.0. The summed E-state index contributed by atoms with van der Waals surface area (Å²) in [5.74, 6) is 1.16. The van der Waals surface area contributed by atoms with Crippen LogP contribution in [0.3, 0.4) is 0 Å². The molecule has 2 rings (SSSR count). The number of carbonyl (C=O) groups is 1. The molecule has 1 aromatic carbocycles. The second kappa shape index (κ2) is 7.82. The van der Waals surface area contributed by atoms with Crippen LogP contribution >= 0.6 is 22.9 Å². The highest BCUT2D eigenvalue weighted by atomic mass is 35.5.